The maximum Gasteiger partial charge on any atom is 0.319 e. The lowest BCUT2D eigenvalue weighted by Gasteiger charge is -2.29. The SMILES string of the molecule is CCC(CC)(SC(C)c1ccccc1)C(=O)O. The second kappa shape index (κ2) is 6.10. The van der Waals surface area contributed by atoms with Crippen LogP contribution in [0.5, 0.6) is 0 Å². The van der Waals surface area contributed by atoms with Crippen LogP contribution in [0, 0.1) is 0 Å². The molecule has 1 aromatic rings. The quantitative estimate of drug-likeness (QED) is 0.827. The molecule has 0 heterocycles. The summed E-state index contributed by atoms with van der Waals surface area (Å²) in [5.74, 6) is -0.699. The Kier molecular flexibility index (Phi) is 5.06. The van der Waals surface area contributed by atoms with E-state index in [4.69, 9.17) is 0 Å². The molecule has 0 aliphatic carbocycles. The van der Waals surface area contributed by atoms with Crippen molar-refractivity contribution < 1.29 is 9.90 Å². The first-order valence-electron chi connectivity index (χ1n) is 6.02. The zero-order valence-electron chi connectivity index (χ0n) is 10.6. The molecule has 0 saturated carbocycles. The van der Waals surface area contributed by atoms with Crippen molar-refractivity contribution in [2.75, 3.05) is 0 Å². The van der Waals surface area contributed by atoms with Crippen LogP contribution in [0.2, 0.25) is 0 Å². The van der Waals surface area contributed by atoms with E-state index in [1.165, 1.54) is 5.56 Å². The summed E-state index contributed by atoms with van der Waals surface area (Å²) in [7, 11) is 0. The molecule has 1 N–H and O–H groups in total. The maximum atomic E-state index is 11.4. The monoisotopic (exact) mass is 252 g/mol. The number of carboxylic acid groups (broad SMARTS) is 1. The topological polar surface area (TPSA) is 37.3 Å². The van der Waals surface area contributed by atoms with Crippen LogP contribution in [0.15, 0.2) is 30.3 Å². The molecule has 1 unspecified atom stereocenters. The Morgan fingerprint density at radius 3 is 2.24 bits per heavy atom. The minimum Gasteiger partial charge on any atom is -0.480 e. The van der Waals surface area contributed by atoms with E-state index < -0.39 is 10.7 Å². The number of aliphatic carboxylic acids is 1. The molecular formula is C14H20O2S. The molecular weight excluding hydrogens is 232 g/mol. The van der Waals surface area contributed by atoms with Crippen molar-refractivity contribution >= 4 is 17.7 Å². The first-order valence-corrected chi connectivity index (χ1v) is 6.90. The Morgan fingerprint density at radius 2 is 1.82 bits per heavy atom. The van der Waals surface area contributed by atoms with Crippen molar-refractivity contribution in [3.63, 3.8) is 0 Å². The van der Waals surface area contributed by atoms with E-state index >= 15 is 0 Å². The van der Waals surface area contributed by atoms with Crippen LogP contribution in [-0.4, -0.2) is 15.8 Å². The summed E-state index contributed by atoms with van der Waals surface area (Å²) < 4.78 is -0.657. The smallest absolute Gasteiger partial charge is 0.319 e. The zero-order chi connectivity index (χ0) is 12.9. The molecule has 0 aromatic heterocycles. The minimum atomic E-state index is -0.699. The molecule has 0 radical (unpaired) electrons. The van der Waals surface area contributed by atoms with Gasteiger partial charge in [0.05, 0.1) is 0 Å². The van der Waals surface area contributed by atoms with Crippen LogP contribution in [0.3, 0.4) is 0 Å². The zero-order valence-corrected chi connectivity index (χ0v) is 11.5. The van der Waals surface area contributed by atoms with Gasteiger partial charge in [-0.2, -0.15) is 0 Å². The van der Waals surface area contributed by atoms with Gasteiger partial charge >= 0.3 is 5.97 Å². The van der Waals surface area contributed by atoms with Gasteiger partial charge in [-0.25, -0.2) is 0 Å². The molecule has 0 aliphatic heterocycles. The summed E-state index contributed by atoms with van der Waals surface area (Å²) in [5.41, 5.74) is 1.19. The summed E-state index contributed by atoms with van der Waals surface area (Å²) in [5, 5.41) is 9.60. The van der Waals surface area contributed by atoms with Crippen LogP contribution >= 0.6 is 11.8 Å². The molecule has 2 nitrogen and oxygen atoms in total. The highest BCUT2D eigenvalue weighted by molar-refractivity contribution is 8.01. The molecule has 0 aliphatic rings. The van der Waals surface area contributed by atoms with Crippen LogP contribution in [-0.2, 0) is 4.79 Å². The van der Waals surface area contributed by atoms with Gasteiger partial charge in [-0.1, -0.05) is 44.2 Å². The summed E-state index contributed by atoms with van der Waals surface area (Å²) in [6.07, 6.45) is 1.31. The van der Waals surface area contributed by atoms with E-state index in [0.717, 1.165) is 0 Å². The van der Waals surface area contributed by atoms with Crippen LogP contribution in [0.4, 0.5) is 0 Å². The lowest BCUT2D eigenvalue weighted by Crippen LogP contribution is -2.34. The van der Waals surface area contributed by atoms with E-state index in [9.17, 15) is 9.90 Å². The van der Waals surface area contributed by atoms with E-state index in [2.05, 4.69) is 19.1 Å². The molecule has 0 bridgehead atoms. The Labute approximate surface area is 107 Å². The van der Waals surface area contributed by atoms with E-state index in [1.54, 1.807) is 11.8 Å². The molecule has 1 rings (SSSR count). The molecule has 3 heteroatoms. The lowest BCUT2D eigenvalue weighted by atomic mass is 10.0. The number of carboxylic acids is 1. The van der Waals surface area contributed by atoms with Gasteiger partial charge in [-0.3, -0.25) is 4.79 Å². The van der Waals surface area contributed by atoms with Crippen molar-refractivity contribution in [3.05, 3.63) is 35.9 Å². The van der Waals surface area contributed by atoms with E-state index in [-0.39, 0.29) is 5.25 Å². The summed E-state index contributed by atoms with van der Waals surface area (Å²) in [6, 6.07) is 10.1. The maximum absolute atomic E-state index is 11.4. The fourth-order valence-electron chi connectivity index (χ4n) is 1.90. The van der Waals surface area contributed by atoms with E-state index in [0.29, 0.717) is 12.8 Å². The first-order chi connectivity index (χ1) is 8.05. The summed E-state index contributed by atoms with van der Waals surface area (Å²) in [4.78, 5) is 11.4. The fourth-order valence-corrected chi connectivity index (χ4v) is 3.30. The third-order valence-electron chi connectivity index (χ3n) is 3.20. The standard InChI is InChI=1S/C14H20O2S/c1-4-14(5-2,13(15)16)17-11(3)12-9-7-6-8-10-12/h6-11H,4-5H2,1-3H3,(H,15,16). The molecule has 1 aromatic carbocycles. The lowest BCUT2D eigenvalue weighted by molar-refractivity contribution is -0.140. The Hall–Kier alpha value is -0.960. The Balaban J connectivity index is 2.85. The predicted molar refractivity (Wildman–Crippen MR) is 73.4 cm³/mol. The van der Waals surface area contributed by atoms with Crippen LogP contribution in [0.1, 0.15) is 44.4 Å². The largest absolute Gasteiger partial charge is 0.480 e. The fraction of sp³-hybridized carbons (Fsp3) is 0.500. The average molecular weight is 252 g/mol. The van der Waals surface area contributed by atoms with Crippen molar-refractivity contribution in [1.82, 2.24) is 0 Å². The highest BCUT2D eigenvalue weighted by Crippen LogP contribution is 2.42. The number of rotatable bonds is 6. The van der Waals surface area contributed by atoms with Crippen molar-refractivity contribution in [1.29, 1.82) is 0 Å². The van der Waals surface area contributed by atoms with Gasteiger partial charge in [0.15, 0.2) is 0 Å². The van der Waals surface area contributed by atoms with Gasteiger partial charge in [-0.15, -0.1) is 11.8 Å². The highest BCUT2D eigenvalue weighted by Gasteiger charge is 2.37. The van der Waals surface area contributed by atoms with Crippen LogP contribution in [0.25, 0.3) is 0 Å². The molecule has 94 valence electrons. The van der Waals surface area contributed by atoms with Gasteiger partial charge in [0.2, 0.25) is 0 Å². The normalized spacial score (nSPS) is 13.4. The number of thioether (sulfide) groups is 1. The van der Waals surface area contributed by atoms with Gasteiger partial charge in [0.1, 0.15) is 4.75 Å². The predicted octanol–water partition coefficient (Wildman–Crippen LogP) is 4.12. The molecule has 0 spiro atoms. The summed E-state index contributed by atoms with van der Waals surface area (Å²) in [6.45, 7) is 5.97. The second-order valence-corrected chi connectivity index (χ2v) is 5.90. The minimum absolute atomic E-state index is 0.201. The van der Waals surface area contributed by atoms with Crippen molar-refractivity contribution in [2.45, 2.75) is 43.6 Å². The van der Waals surface area contributed by atoms with Gasteiger partial charge in [-0.05, 0) is 25.3 Å². The molecule has 17 heavy (non-hydrogen) atoms. The van der Waals surface area contributed by atoms with Gasteiger partial charge < -0.3 is 5.11 Å². The van der Waals surface area contributed by atoms with Crippen LogP contribution < -0.4 is 0 Å². The van der Waals surface area contributed by atoms with Crippen molar-refractivity contribution in [3.8, 4) is 0 Å². The Bertz CT molecular complexity index is 358. The molecule has 0 fully saturated rings. The highest BCUT2D eigenvalue weighted by atomic mass is 32.2. The number of hydrogen-bond donors (Lipinski definition) is 1. The van der Waals surface area contributed by atoms with E-state index in [1.807, 2.05) is 32.0 Å². The molecule has 0 saturated heterocycles. The second-order valence-electron chi connectivity index (χ2n) is 4.18. The molecule has 1 atom stereocenters. The number of carbonyl (C=O) groups is 1. The average Bonchev–Trinajstić information content (AvgIpc) is 2.36. The number of hydrogen-bond acceptors (Lipinski definition) is 2. The summed E-state index contributed by atoms with van der Waals surface area (Å²) >= 11 is 1.55. The molecule has 0 amide bonds. The Morgan fingerprint density at radius 1 is 1.29 bits per heavy atom. The number of benzene rings is 1. The van der Waals surface area contributed by atoms with Gasteiger partial charge in [0, 0.05) is 5.25 Å². The third-order valence-corrected chi connectivity index (χ3v) is 5.03. The van der Waals surface area contributed by atoms with Gasteiger partial charge in [0.25, 0.3) is 0 Å². The third kappa shape index (κ3) is 3.25. The van der Waals surface area contributed by atoms with Crippen molar-refractivity contribution in [2.24, 2.45) is 0 Å². The first kappa shape index (κ1) is 14.1.